The number of ether oxygens (including phenoxy) is 2. The average molecular weight is 351 g/mol. The zero-order chi connectivity index (χ0) is 18.7. The van der Waals surface area contributed by atoms with Gasteiger partial charge < -0.3 is 25.4 Å². The Morgan fingerprint density at radius 2 is 1.96 bits per heavy atom. The summed E-state index contributed by atoms with van der Waals surface area (Å²) in [6.45, 7) is 13.5. The van der Waals surface area contributed by atoms with Crippen LogP contribution in [0.4, 0.5) is 0 Å². The fourth-order valence-electron chi connectivity index (χ4n) is 2.30. The molecule has 0 amide bonds. The van der Waals surface area contributed by atoms with E-state index < -0.39 is 0 Å². The molecule has 0 aliphatic heterocycles. The van der Waals surface area contributed by atoms with E-state index in [-0.39, 0.29) is 0 Å². The first-order valence-electron chi connectivity index (χ1n) is 9.05. The van der Waals surface area contributed by atoms with Crippen molar-refractivity contribution in [2.45, 2.75) is 34.2 Å². The third kappa shape index (κ3) is 8.12. The summed E-state index contributed by atoms with van der Waals surface area (Å²) in [4.78, 5) is 6.68. The number of likely N-dealkylation sites (N-methyl/N-ethyl adjacent to an activating group) is 1. The lowest BCUT2D eigenvalue weighted by Gasteiger charge is -2.19. The van der Waals surface area contributed by atoms with Crippen LogP contribution in [0, 0.1) is 5.92 Å². The minimum absolute atomic E-state index is 0.465. The molecular weight excluding hydrogens is 316 g/mol. The van der Waals surface area contributed by atoms with Crippen LogP contribution in [0.15, 0.2) is 23.2 Å². The molecule has 142 valence electrons. The van der Waals surface area contributed by atoms with Crippen LogP contribution in [-0.2, 0) is 6.54 Å². The summed E-state index contributed by atoms with van der Waals surface area (Å²) in [5, 5.41) is 3.11. The number of rotatable bonds is 11. The number of hydrogen-bond acceptors (Lipinski definition) is 4. The minimum atomic E-state index is 0.465. The van der Waals surface area contributed by atoms with Crippen molar-refractivity contribution in [1.29, 1.82) is 0 Å². The van der Waals surface area contributed by atoms with Gasteiger partial charge in [0.05, 0.1) is 13.7 Å². The van der Waals surface area contributed by atoms with E-state index in [1.165, 1.54) is 0 Å². The molecule has 0 unspecified atom stereocenters. The standard InChI is InChI=1S/C19H34N4O2/c1-6-23(7-2)10-11-25-17-9-8-16(12-18(17)24-5)14-22-19(20)21-13-15(3)4/h8-9,12,15H,6-7,10-11,13-14H2,1-5H3,(H3,20,21,22). The summed E-state index contributed by atoms with van der Waals surface area (Å²) in [7, 11) is 1.65. The quantitative estimate of drug-likeness (QED) is 0.474. The molecule has 6 heteroatoms. The Morgan fingerprint density at radius 1 is 1.24 bits per heavy atom. The molecule has 0 spiro atoms. The molecule has 1 aromatic carbocycles. The molecule has 1 aromatic rings. The highest BCUT2D eigenvalue weighted by Gasteiger charge is 2.07. The number of nitrogens with two attached hydrogens (primary N) is 1. The van der Waals surface area contributed by atoms with Crippen molar-refractivity contribution in [3.8, 4) is 11.5 Å². The highest BCUT2D eigenvalue weighted by atomic mass is 16.5. The zero-order valence-electron chi connectivity index (χ0n) is 16.3. The highest BCUT2D eigenvalue weighted by Crippen LogP contribution is 2.28. The first kappa shape index (κ1) is 21.1. The molecule has 25 heavy (non-hydrogen) atoms. The molecule has 0 aliphatic carbocycles. The SMILES string of the molecule is CCN(CC)CCOc1ccc(CN=C(N)NCC(C)C)cc1OC. The zero-order valence-corrected chi connectivity index (χ0v) is 16.3. The summed E-state index contributed by atoms with van der Waals surface area (Å²) in [6, 6.07) is 5.88. The fourth-order valence-corrected chi connectivity index (χ4v) is 2.30. The molecule has 0 fully saturated rings. The Morgan fingerprint density at radius 3 is 2.56 bits per heavy atom. The summed E-state index contributed by atoms with van der Waals surface area (Å²) in [6.07, 6.45) is 0. The van der Waals surface area contributed by atoms with Gasteiger partial charge >= 0.3 is 0 Å². The maximum absolute atomic E-state index is 5.87. The number of guanidine groups is 1. The summed E-state index contributed by atoms with van der Waals surface area (Å²) >= 11 is 0. The summed E-state index contributed by atoms with van der Waals surface area (Å²) < 4.78 is 11.3. The predicted octanol–water partition coefficient (Wildman–Crippen LogP) is 2.48. The molecular formula is C19H34N4O2. The largest absolute Gasteiger partial charge is 0.493 e. The van der Waals surface area contributed by atoms with Crippen molar-refractivity contribution in [2.24, 2.45) is 16.6 Å². The van der Waals surface area contributed by atoms with Crippen LogP contribution >= 0.6 is 0 Å². The van der Waals surface area contributed by atoms with Gasteiger partial charge in [0.2, 0.25) is 0 Å². The molecule has 6 nitrogen and oxygen atoms in total. The summed E-state index contributed by atoms with van der Waals surface area (Å²) in [5.74, 6) is 2.48. The lowest BCUT2D eigenvalue weighted by Crippen LogP contribution is -2.34. The van der Waals surface area contributed by atoms with E-state index in [2.05, 4.69) is 42.9 Å². The Balaban J connectivity index is 2.60. The third-order valence-corrected chi connectivity index (χ3v) is 3.91. The molecule has 0 aromatic heterocycles. The predicted molar refractivity (Wildman–Crippen MR) is 104 cm³/mol. The molecule has 0 aliphatic rings. The molecule has 0 bridgehead atoms. The topological polar surface area (TPSA) is 72.1 Å². The van der Waals surface area contributed by atoms with Crippen LogP contribution < -0.4 is 20.5 Å². The van der Waals surface area contributed by atoms with Crippen molar-refractivity contribution < 1.29 is 9.47 Å². The number of benzene rings is 1. The number of hydrogen-bond donors (Lipinski definition) is 2. The van der Waals surface area contributed by atoms with E-state index in [1.807, 2.05) is 18.2 Å². The van der Waals surface area contributed by atoms with Crippen LogP contribution in [0.1, 0.15) is 33.3 Å². The van der Waals surface area contributed by atoms with Crippen LogP contribution in [0.2, 0.25) is 0 Å². The number of nitrogens with zero attached hydrogens (tertiary/aromatic N) is 2. The molecule has 3 N–H and O–H groups in total. The first-order valence-corrected chi connectivity index (χ1v) is 9.05. The van der Waals surface area contributed by atoms with Crippen LogP contribution in [-0.4, -0.2) is 50.8 Å². The van der Waals surface area contributed by atoms with E-state index in [4.69, 9.17) is 15.2 Å². The molecule has 0 radical (unpaired) electrons. The normalized spacial score (nSPS) is 11.9. The lowest BCUT2D eigenvalue weighted by molar-refractivity contribution is 0.217. The van der Waals surface area contributed by atoms with E-state index >= 15 is 0 Å². The van der Waals surface area contributed by atoms with Gasteiger partial charge in [-0.1, -0.05) is 33.8 Å². The lowest BCUT2D eigenvalue weighted by atomic mass is 10.2. The van der Waals surface area contributed by atoms with Crippen molar-refractivity contribution in [3.63, 3.8) is 0 Å². The van der Waals surface area contributed by atoms with Crippen molar-refractivity contribution >= 4 is 5.96 Å². The Labute approximate surface area is 152 Å². The van der Waals surface area contributed by atoms with Gasteiger partial charge in [-0.3, -0.25) is 0 Å². The number of nitrogens with one attached hydrogen (secondary N) is 1. The minimum Gasteiger partial charge on any atom is -0.493 e. The van der Waals surface area contributed by atoms with Crippen LogP contribution in [0.5, 0.6) is 11.5 Å². The smallest absolute Gasteiger partial charge is 0.188 e. The molecule has 0 saturated carbocycles. The van der Waals surface area contributed by atoms with Gasteiger partial charge in [-0.2, -0.15) is 0 Å². The Kier molecular flexibility index (Phi) is 9.77. The average Bonchev–Trinajstić information content (AvgIpc) is 2.62. The number of aliphatic imine (C=N–C) groups is 1. The third-order valence-electron chi connectivity index (χ3n) is 3.91. The van der Waals surface area contributed by atoms with Crippen molar-refractivity contribution in [3.05, 3.63) is 23.8 Å². The van der Waals surface area contributed by atoms with Crippen molar-refractivity contribution in [2.75, 3.05) is 39.9 Å². The van der Waals surface area contributed by atoms with Gasteiger partial charge in [-0.05, 0) is 36.7 Å². The van der Waals surface area contributed by atoms with E-state index in [0.29, 0.717) is 25.0 Å². The second kappa shape index (κ2) is 11.6. The number of methoxy groups -OCH3 is 1. The highest BCUT2D eigenvalue weighted by molar-refractivity contribution is 5.77. The van der Waals surface area contributed by atoms with Gasteiger partial charge in [0.1, 0.15) is 6.61 Å². The molecule has 0 heterocycles. The first-order chi connectivity index (χ1) is 12.0. The molecule has 0 atom stereocenters. The summed E-state index contributed by atoms with van der Waals surface area (Å²) in [5.41, 5.74) is 6.90. The Hall–Kier alpha value is -1.95. The maximum Gasteiger partial charge on any atom is 0.188 e. The second-order valence-electron chi connectivity index (χ2n) is 6.34. The Bertz CT molecular complexity index is 528. The second-order valence-corrected chi connectivity index (χ2v) is 6.34. The van der Waals surface area contributed by atoms with Gasteiger partial charge in [0.15, 0.2) is 17.5 Å². The van der Waals surface area contributed by atoms with E-state index in [9.17, 15) is 0 Å². The molecule has 1 rings (SSSR count). The maximum atomic E-state index is 5.87. The van der Waals surface area contributed by atoms with Gasteiger partial charge in [-0.15, -0.1) is 0 Å². The van der Waals surface area contributed by atoms with Gasteiger partial charge in [0.25, 0.3) is 0 Å². The van der Waals surface area contributed by atoms with Crippen LogP contribution in [0.25, 0.3) is 0 Å². The monoisotopic (exact) mass is 350 g/mol. The van der Waals surface area contributed by atoms with E-state index in [1.54, 1.807) is 7.11 Å². The van der Waals surface area contributed by atoms with Crippen molar-refractivity contribution in [1.82, 2.24) is 10.2 Å². The molecule has 0 saturated heterocycles. The fraction of sp³-hybridized carbons (Fsp3) is 0.632. The van der Waals surface area contributed by atoms with E-state index in [0.717, 1.165) is 43.2 Å². The van der Waals surface area contributed by atoms with Gasteiger partial charge in [-0.25, -0.2) is 4.99 Å². The van der Waals surface area contributed by atoms with Crippen LogP contribution in [0.3, 0.4) is 0 Å². The van der Waals surface area contributed by atoms with Gasteiger partial charge in [0, 0.05) is 13.1 Å².